The van der Waals surface area contributed by atoms with Crippen molar-refractivity contribution in [3.8, 4) is 22.6 Å². The fourth-order valence-electron chi connectivity index (χ4n) is 5.17. The molecule has 184 valence electrons. The van der Waals surface area contributed by atoms with Crippen LogP contribution in [-0.4, -0.2) is 11.1 Å². The van der Waals surface area contributed by atoms with E-state index in [0.29, 0.717) is 23.3 Å². The molecular formula is C35H26O3. The van der Waals surface area contributed by atoms with Gasteiger partial charge in [0.25, 0.3) is 0 Å². The predicted molar refractivity (Wildman–Crippen MR) is 154 cm³/mol. The van der Waals surface area contributed by atoms with Gasteiger partial charge in [-0.2, -0.15) is 0 Å². The van der Waals surface area contributed by atoms with Gasteiger partial charge in [-0.3, -0.25) is 4.79 Å². The first-order valence-corrected chi connectivity index (χ1v) is 12.7. The lowest BCUT2D eigenvalue weighted by atomic mass is 9.91. The molecule has 0 saturated heterocycles. The van der Waals surface area contributed by atoms with Crippen LogP contribution in [0.4, 0.5) is 0 Å². The zero-order valence-corrected chi connectivity index (χ0v) is 20.7. The number of carbonyl (C=O) groups excluding carboxylic acids is 1. The van der Waals surface area contributed by atoms with Crippen molar-refractivity contribution in [1.29, 1.82) is 0 Å². The molecule has 0 aromatic heterocycles. The lowest BCUT2D eigenvalue weighted by Gasteiger charge is -2.20. The van der Waals surface area contributed by atoms with Gasteiger partial charge in [-0.1, -0.05) is 121 Å². The summed E-state index contributed by atoms with van der Waals surface area (Å²) in [6.45, 7) is 0. The minimum absolute atomic E-state index is 0.140. The third-order valence-corrected chi connectivity index (χ3v) is 7.03. The Morgan fingerprint density at radius 2 is 1.16 bits per heavy atom. The highest BCUT2D eigenvalue weighted by molar-refractivity contribution is 6.10. The molecule has 0 aliphatic carbocycles. The average Bonchev–Trinajstić information content (AvgIpc) is 2.97. The summed E-state index contributed by atoms with van der Waals surface area (Å²) in [5.41, 5.74) is 3.32. The van der Waals surface area contributed by atoms with Crippen LogP contribution in [0.1, 0.15) is 17.0 Å². The standard InChI is InChI=1S/C35H26O3/c36-31-21-19-26-15-7-9-17-28(26)33(31)34-29-18-10-8-16-27(29)20-22-32(34)38-35(37)30(25-13-5-2-6-14-25)23-24-11-3-1-4-12-24/h1-22,30,36H,23H2/t30-/m0/s1. The van der Waals surface area contributed by atoms with E-state index in [2.05, 4.69) is 0 Å². The fourth-order valence-corrected chi connectivity index (χ4v) is 5.17. The molecule has 0 fully saturated rings. The summed E-state index contributed by atoms with van der Waals surface area (Å²) in [5, 5.41) is 14.9. The van der Waals surface area contributed by atoms with Crippen LogP contribution in [0, 0.1) is 0 Å². The molecule has 1 N–H and O–H groups in total. The second-order valence-electron chi connectivity index (χ2n) is 9.41. The summed E-state index contributed by atoms with van der Waals surface area (Å²) in [6, 6.07) is 43.0. The second-order valence-corrected chi connectivity index (χ2v) is 9.41. The van der Waals surface area contributed by atoms with E-state index in [-0.39, 0.29) is 11.7 Å². The van der Waals surface area contributed by atoms with Crippen molar-refractivity contribution in [3.63, 3.8) is 0 Å². The number of phenolic OH excluding ortho intramolecular Hbond substituents is 1. The Balaban J connectivity index is 1.50. The first-order valence-electron chi connectivity index (χ1n) is 12.7. The third kappa shape index (κ3) is 4.51. The number of hydrogen-bond donors (Lipinski definition) is 1. The van der Waals surface area contributed by atoms with E-state index in [4.69, 9.17) is 4.74 Å². The smallest absolute Gasteiger partial charge is 0.319 e. The SMILES string of the molecule is O=C(Oc1ccc2ccccc2c1-c1c(O)ccc2ccccc12)[C@@H](Cc1ccccc1)c1ccccc1. The molecule has 0 saturated carbocycles. The monoisotopic (exact) mass is 494 g/mol. The molecule has 0 amide bonds. The Labute approximate surface area is 221 Å². The van der Waals surface area contributed by atoms with Gasteiger partial charge < -0.3 is 9.84 Å². The van der Waals surface area contributed by atoms with Crippen LogP contribution in [0.2, 0.25) is 0 Å². The molecule has 0 aliphatic heterocycles. The highest BCUT2D eigenvalue weighted by Crippen LogP contribution is 2.45. The molecule has 0 unspecified atom stereocenters. The van der Waals surface area contributed by atoms with E-state index >= 15 is 0 Å². The van der Waals surface area contributed by atoms with Gasteiger partial charge in [-0.15, -0.1) is 0 Å². The first-order chi connectivity index (χ1) is 18.7. The van der Waals surface area contributed by atoms with Crippen LogP contribution < -0.4 is 4.74 Å². The van der Waals surface area contributed by atoms with Crippen molar-refractivity contribution < 1.29 is 14.6 Å². The first kappa shape index (κ1) is 23.5. The van der Waals surface area contributed by atoms with Gasteiger partial charge in [-0.25, -0.2) is 0 Å². The van der Waals surface area contributed by atoms with Crippen molar-refractivity contribution >= 4 is 27.5 Å². The molecule has 0 heterocycles. The minimum Gasteiger partial charge on any atom is -0.507 e. The van der Waals surface area contributed by atoms with Crippen molar-refractivity contribution in [2.75, 3.05) is 0 Å². The average molecular weight is 495 g/mol. The van der Waals surface area contributed by atoms with Gasteiger partial charge >= 0.3 is 5.97 Å². The molecule has 6 aromatic carbocycles. The molecule has 38 heavy (non-hydrogen) atoms. The highest BCUT2D eigenvalue weighted by atomic mass is 16.5. The van der Waals surface area contributed by atoms with Gasteiger partial charge in [0.05, 0.1) is 5.92 Å². The van der Waals surface area contributed by atoms with Crippen molar-refractivity contribution in [2.24, 2.45) is 0 Å². The summed E-state index contributed by atoms with van der Waals surface area (Å²) in [6.07, 6.45) is 0.520. The maximum Gasteiger partial charge on any atom is 0.319 e. The number of ether oxygens (including phenoxy) is 1. The van der Waals surface area contributed by atoms with Crippen molar-refractivity contribution in [2.45, 2.75) is 12.3 Å². The number of carbonyl (C=O) groups is 1. The molecule has 1 atom stereocenters. The predicted octanol–water partition coefficient (Wildman–Crippen LogP) is 8.30. The largest absolute Gasteiger partial charge is 0.507 e. The number of esters is 1. The highest BCUT2D eigenvalue weighted by Gasteiger charge is 2.26. The van der Waals surface area contributed by atoms with E-state index in [0.717, 1.165) is 32.7 Å². The summed E-state index contributed by atoms with van der Waals surface area (Å²) in [5.74, 6) is -0.258. The molecule has 6 aromatic rings. The van der Waals surface area contributed by atoms with Crippen LogP contribution in [0.15, 0.2) is 133 Å². The Bertz CT molecular complexity index is 1740. The van der Waals surface area contributed by atoms with Crippen LogP contribution in [0.25, 0.3) is 32.7 Å². The zero-order valence-electron chi connectivity index (χ0n) is 20.7. The van der Waals surface area contributed by atoms with Crippen LogP contribution >= 0.6 is 0 Å². The quantitative estimate of drug-likeness (QED) is 0.187. The summed E-state index contributed by atoms with van der Waals surface area (Å²) in [4.78, 5) is 13.9. The molecule has 0 bridgehead atoms. The second kappa shape index (κ2) is 10.2. The van der Waals surface area contributed by atoms with E-state index in [1.807, 2.05) is 127 Å². The Morgan fingerprint density at radius 3 is 1.84 bits per heavy atom. The number of aromatic hydroxyl groups is 1. The third-order valence-electron chi connectivity index (χ3n) is 7.03. The Hall–Kier alpha value is -4.89. The number of fused-ring (bicyclic) bond motifs is 2. The van der Waals surface area contributed by atoms with Crippen molar-refractivity contribution in [1.82, 2.24) is 0 Å². The number of phenols is 1. The molecule has 0 spiro atoms. The summed E-state index contributed by atoms with van der Waals surface area (Å²) >= 11 is 0. The van der Waals surface area contributed by atoms with E-state index < -0.39 is 5.92 Å². The van der Waals surface area contributed by atoms with Crippen LogP contribution in [0.5, 0.6) is 11.5 Å². The Morgan fingerprint density at radius 1 is 0.605 bits per heavy atom. The molecule has 3 heteroatoms. The topological polar surface area (TPSA) is 46.5 Å². The van der Waals surface area contributed by atoms with E-state index in [1.165, 1.54) is 0 Å². The van der Waals surface area contributed by atoms with Crippen LogP contribution in [0.3, 0.4) is 0 Å². The van der Waals surface area contributed by atoms with Gasteiger partial charge in [0.2, 0.25) is 0 Å². The summed E-state index contributed by atoms with van der Waals surface area (Å²) in [7, 11) is 0. The summed E-state index contributed by atoms with van der Waals surface area (Å²) < 4.78 is 6.25. The molecule has 6 rings (SSSR count). The lowest BCUT2D eigenvalue weighted by Crippen LogP contribution is -2.21. The maximum atomic E-state index is 13.9. The maximum absolute atomic E-state index is 13.9. The van der Waals surface area contributed by atoms with Gasteiger partial charge in [0.15, 0.2) is 0 Å². The number of rotatable bonds is 6. The van der Waals surface area contributed by atoms with Gasteiger partial charge in [-0.05, 0) is 51.2 Å². The van der Waals surface area contributed by atoms with E-state index in [9.17, 15) is 9.90 Å². The molecular weight excluding hydrogens is 468 g/mol. The van der Waals surface area contributed by atoms with E-state index in [1.54, 1.807) is 6.07 Å². The lowest BCUT2D eigenvalue weighted by molar-refractivity contribution is -0.136. The normalized spacial score (nSPS) is 11.9. The molecule has 0 aliphatic rings. The minimum atomic E-state index is -0.487. The molecule has 0 radical (unpaired) electrons. The Kier molecular flexibility index (Phi) is 6.33. The van der Waals surface area contributed by atoms with Gasteiger partial charge in [0, 0.05) is 11.1 Å². The van der Waals surface area contributed by atoms with Crippen LogP contribution in [-0.2, 0) is 11.2 Å². The fraction of sp³-hybridized carbons (Fsp3) is 0.0571. The van der Waals surface area contributed by atoms with Gasteiger partial charge in [0.1, 0.15) is 11.5 Å². The number of hydrogen-bond acceptors (Lipinski definition) is 3. The number of benzene rings is 6. The molecule has 3 nitrogen and oxygen atoms in total. The van der Waals surface area contributed by atoms with Crippen molar-refractivity contribution in [3.05, 3.63) is 145 Å². The zero-order chi connectivity index (χ0) is 25.9.